The average Bonchev–Trinajstić information content (AvgIpc) is 2.43. The Morgan fingerprint density at radius 1 is 1.42 bits per heavy atom. The number of thioether (sulfide) groups is 1. The van der Waals surface area contributed by atoms with Gasteiger partial charge in [-0.15, -0.1) is 0 Å². The van der Waals surface area contributed by atoms with Crippen LogP contribution >= 0.6 is 23.4 Å². The normalized spacial score (nSPS) is 23.3. The second kappa shape index (κ2) is 7.34. The fourth-order valence-corrected chi connectivity index (χ4v) is 3.73. The maximum atomic E-state index is 6.19. The predicted molar refractivity (Wildman–Crippen MR) is 84.2 cm³/mol. The number of hydrogen-bond acceptors (Lipinski definition) is 4. The summed E-state index contributed by atoms with van der Waals surface area (Å²) < 4.78 is 0. The molecule has 1 aromatic rings. The van der Waals surface area contributed by atoms with Crippen LogP contribution in [0.2, 0.25) is 5.15 Å². The number of rotatable bonds is 5. The van der Waals surface area contributed by atoms with Crippen LogP contribution in [0, 0.1) is 0 Å². The molecule has 1 heterocycles. The minimum atomic E-state index is 0.521. The van der Waals surface area contributed by atoms with Crippen LogP contribution in [0.5, 0.6) is 0 Å². The third-order valence-corrected chi connectivity index (χ3v) is 5.11. The predicted octanol–water partition coefficient (Wildman–Crippen LogP) is 4.17. The molecule has 2 atom stereocenters. The van der Waals surface area contributed by atoms with E-state index in [0.29, 0.717) is 11.2 Å². The third kappa shape index (κ3) is 3.99. The van der Waals surface area contributed by atoms with E-state index in [-0.39, 0.29) is 0 Å². The molecule has 1 aliphatic carbocycles. The maximum Gasteiger partial charge on any atom is 0.137 e. The van der Waals surface area contributed by atoms with E-state index in [1.807, 2.05) is 11.8 Å². The van der Waals surface area contributed by atoms with Gasteiger partial charge in [0.25, 0.3) is 0 Å². The lowest BCUT2D eigenvalue weighted by Crippen LogP contribution is -2.29. The second-order valence-electron chi connectivity index (χ2n) is 5.11. The fraction of sp³-hybridized carbons (Fsp3) is 0.714. The van der Waals surface area contributed by atoms with E-state index in [0.717, 1.165) is 29.5 Å². The average molecular weight is 300 g/mol. The summed E-state index contributed by atoms with van der Waals surface area (Å²) in [4.78, 5) is 8.48. The van der Waals surface area contributed by atoms with E-state index < -0.39 is 0 Å². The van der Waals surface area contributed by atoms with Crippen molar-refractivity contribution in [2.45, 2.75) is 56.7 Å². The van der Waals surface area contributed by atoms with Crippen molar-refractivity contribution in [3.8, 4) is 0 Å². The van der Waals surface area contributed by atoms with Crippen LogP contribution < -0.4 is 5.32 Å². The molecule has 0 amide bonds. The lowest BCUT2D eigenvalue weighted by Gasteiger charge is -2.29. The van der Waals surface area contributed by atoms with Crippen molar-refractivity contribution in [1.82, 2.24) is 9.97 Å². The lowest BCUT2D eigenvalue weighted by molar-refractivity contribution is 0.472. The fourth-order valence-electron chi connectivity index (χ4n) is 2.67. The van der Waals surface area contributed by atoms with E-state index >= 15 is 0 Å². The van der Waals surface area contributed by atoms with E-state index in [2.05, 4.69) is 28.5 Å². The topological polar surface area (TPSA) is 37.8 Å². The highest BCUT2D eigenvalue weighted by atomic mass is 35.5. The van der Waals surface area contributed by atoms with Gasteiger partial charge >= 0.3 is 0 Å². The van der Waals surface area contributed by atoms with Crippen LogP contribution in [-0.4, -0.2) is 27.5 Å². The molecule has 2 unspecified atom stereocenters. The summed E-state index contributed by atoms with van der Waals surface area (Å²) in [6, 6.07) is 0.521. The minimum absolute atomic E-state index is 0.521. The van der Waals surface area contributed by atoms with Crippen molar-refractivity contribution in [2.24, 2.45) is 0 Å². The van der Waals surface area contributed by atoms with Gasteiger partial charge < -0.3 is 5.32 Å². The molecule has 2 rings (SSSR count). The highest BCUT2D eigenvalue weighted by Crippen LogP contribution is 2.30. The molecule has 0 aromatic carbocycles. The quantitative estimate of drug-likeness (QED) is 0.828. The van der Waals surface area contributed by atoms with Gasteiger partial charge in [-0.3, -0.25) is 0 Å². The van der Waals surface area contributed by atoms with Gasteiger partial charge in [-0.05, 0) is 31.9 Å². The minimum Gasteiger partial charge on any atom is -0.367 e. The van der Waals surface area contributed by atoms with Crippen LogP contribution in [0.4, 0.5) is 5.82 Å². The first kappa shape index (κ1) is 14.9. The van der Waals surface area contributed by atoms with E-state index in [1.54, 1.807) is 6.33 Å². The van der Waals surface area contributed by atoms with Crippen molar-refractivity contribution in [3.63, 3.8) is 0 Å². The molecule has 0 saturated heterocycles. The molecule has 5 heteroatoms. The largest absolute Gasteiger partial charge is 0.367 e. The maximum absolute atomic E-state index is 6.19. The van der Waals surface area contributed by atoms with E-state index in [1.165, 1.54) is 25.7 Å². The van der Waals surface area contributed by atoms with E-state index in [4.69, 9.17) is 11.6 Å². The number of nitrogens with zero attached hydrogens (tertiary/aromatic N) is 2. The Kier molecular flexibility index (Phi) is 5.76. The van der Waals surface area contributed by atoms with Crippen molar-refractivity contribution in [1.29, 1.82) is 0 Å². The van der Waals surface area contributed by atoms with Crippen LogP contribution in [0.15, 0.2) is 6.33 Å². The summed E-state index contributed by atoms with van der Waals surface area (Å²) >= 11 is 8.17. The summed E-state index contributed by atoms with van der Waals surface area (Å²) in [6.45, 7) is 2.15. The Hall–Kier alpha value is -0.480. The molecular formula is C14H22ClN3S. The molecule has 0 spiro atoms. The second-order valence-corrected chi connectivity index (χ2v) is 6.60. The Bertz CT molecular complexity index is 414. The molecule has 1 aromatic heterocycles. The highest BCUT2D eigenvalue weighted by molar-refractivity contribution is 7.99. The smallest absolute Gasteiger partial charge is 0.137 e. The van der Waals surface area contributed by atoms with Gasteiger partial charge in [0.1, 0.15) is 17.3 Å². The van der Waals surface area contributed by atoms with Gasteiger partial charge in [0.2, 0.25) is 0 Å². The zero-order chi connectivity index (χ0) is 13.7. The lowest BCUT2D eigenvalue weighted by atomic mass is 9.95. The van der Waals surface area contributed by atoms with Crippen LogP contribution in [-0.2, 0) is 6.42 Å². The first-order valence-corrected chi connectivity index (χ1v) is 8.69. The molecule has 0 aliphatic heterocycles. The summed E-state index contributed by atoms with van der Waals surface area (Å²) in [7, 11) is 0. The Morgan fingerprint density at radius 3 is 3.00 bits per heavy atom. The first-order valence-electron chi connectivity index (χ1n) is 7.03. The molecule has 1 fully saturated rings. The first-order chi connectivity index (χ1) is 9.24. The van der Waals surface area contributed by atoms with Crippen LogP contribution in [0.25, 0.3) is 0 Å². The number of nitrogens with one attached hydrogen (secondary N) is 1. The molecular weight excluding hydrogens is 278 g/mol. The molecule has 0 bridgehead atoms. The Morgan fingerprint density at radius 2 is 2.26 bits per heavy atom. The van der Waals surface area contributed by atoms with Crippen LogP contribution in [0.1, 0.15) is 44.6 Å². The SMILES string of the molecule is CCCc1c(Cl)ncnc1NC1CCCC(SC)C1. The molecule has 106 valence electrons. The van der Waals surface area contributed by atoms with Crippen molar-refractivity contribution >= 4 is 29.2 Å². The van der Waals surface area contributed by atoms with Crippen molar-refractivity contribution < 1.29 is 0 Å². The molecule has 3 nitrogen and oxygen atoms in total. The summed E-state index contributed by atoms with van der Waals surface area (Å²) in [5.74, 6) is 0.939. The van der Waals surface area contributed by atoms with Gasteiger partial charge in [0, 0.05) is 16.9 Å². The number of hydrogen-bond donors (Lipinski definition) is 1. The van der Waals surface area contributed by atoms with Crippen LogP contribution in [0.3, 0.4) is 0 Å². The zero-order valence-corrected chi connectivity index (χ0v) is 13.2. The zero-order valence-electron chi connectivity index (χ0n) is 11.7. The summed E-state index contributed by atoms with van der Waals surface area (Å²) in [5.41, 5.74) is 1.07. The monoisotopic (exact) mass is 299 g/mol. The molecule has 1 N–H and O–H groups in total. The van der Waals surface area contributed by atoms with Gasteiger partial charge in [-0.25, -0.2) is 9.97 Å². The van der Waals surface area contributed by atoms with Gasteiger partial charge in [-0.2, -0.15) is 11.8 Å². The van der Waals surface area contributed by atoms with Crippen molar-refractivity contribution in [2.75, 3.05) is 11.6 Å². The van der Waals surface area contributed by atoms with E-state index in [9.17, 15) is 0 Å². The molecule has 1 saturated carbocycles. The highest BCUT2D eigenvalue weighted by Gasteiger charge is 2.22. The van der Waals surface area contributed by atoms with Crippen molar-refractivity contribution in [3.05, 3.63) is 17.0 Å². The molecule has 1 aliphatic rings. The van der Waals surface area contributed by atoms with Gasteiger partial charge in [-0.1, -0.05) is 31.4 Å². The molecule has 19 heavy (non-hydrogen) atoms. The molecule has 0 radical (unpaired) electrons. The standard InChI is InChI=1S/C14H22ClN3S/c1-3-5-12-13(15)16-9-17-14(12)18-10-6-4-7-11(8-10)19-2/h9-11H,3-8H2,1-2H3,(H,16,17,18). The number of halogens is 1. The summed E-state index contributed by atoms with van der Waals surface area (Å²) in [5, 5.41) is 4.96. The van der Waals surface area contributed by atoms with Gasteiger partial charge in [0.05, 0.1) is 0 Å². The third-order valence-electron chi connectivity index (χ3n) is 3.69. The number of aromatic nitrogens is 2. The Balaban J connectivity index is 2.07. The number of anilines is 1. The Labute approximate surface area is 124 Å². The summed E-state index contributed by atoms with van der Waals surface area (Å²) in [6.07, 6.45) is 10.8. The van der Waals surface area contributed by atoms with Gasteiger partial charge in [0.15, 0.2) is 0 Å².